The topological polar surface area (TPSA) is 273 Å². The number of carbonyl (C=O) groups is 3. The van der Waals surface area contributed by atoms with Crippen LogP contribution in [0.3, 0.4) is 0 Å². The van der Waals surface area contributed by atoms with Gasteiger partial charge in [0.25, 0.3) is 11.8 Å². The molecule has 17 heteroatoms. The van der Waals surface area contributed by atoms with Crippen LogP contribution in [0.2, 0.25) is 0 Å². The van der Waals surface area contributed by atoms with Gasteiger partial charge in [0, 0.05) is 23.6 Å². The Kier molecular flexibility index (Phi) is 12.6. The third kappa shape index (κ3) is 9.12. The molecule has 0 radical (unpaired) electrons. The number of para-hydroxylation sites is 1. The molecule has 5 aromatic rings. The number of carbonyl (C=O) groups excluding carboxylic acids is 3. The molecule has 0 aliphatic carbocycles. The summed E-state index contributed by atoms with van der Waals surface area (Å²) < 4.78 is 32.8. The molecule has 3 amide bonds. The lowest BCUT2D eigenvalue weighted by atomic mass is 9.89. The zero-order valence-electron chi connectivity index (χ0n) is 32.4. The Morgan fingerprint density at radius 2 is 1.67 bits per heavy atom. The molecule has 3 heterocycles. The van der Waals surface area contributed by atoms with Crippen molar-refractivity contribution in [3.63, 3.8) is 0 Å². The predicted molar refractivity (Wildman–Crippen MR) is 210 cm³/mol. The van der Waals surface area contributed by atoms with Crippen LogP contribution in [0.15, 0.2) is 90.7 Å². The van der Waals surface area contributed by atoms with Crippen molar-refractivity contribution in [3.8, 4) is 17.2 Å². The number of fused-ring (bicyclic) bond motifs is 2. The maximum Gasteiger partial charge on any atom is 0.404 e. The number of aliphatic hydroxyl groups is 1. The largest absolute Gasteiger partial charge is 0.508 e. The van der Waals surface area contributed by atoms with Gasteiger partial charge in [-0.1, -0.05) is 29.8 Å². The average molecular weight is 802 g/mol. The zero-order valence-corrected chi connectivity index (χ0v) is 32.4. The Labute approximate surface area is 330 Å². The summed E-state index contributed by atoms with van der Waals surface area (Å²) in [5.41, 5.74) is 9.17. The summed E-state index contributed by atoms with van der Waals surface area (Å²) in [5.74, 6) is -1.86. The summed E-state index contributed by atoms with van der Waals surface area (Å²) in [4.78, 5) is 59.5. The molecule has 58 heavy (non-hydrogen) atoms. The number of ether oxygens (including phenoxy) is 4. The predicted octanol–water partition coefficient (Wildman–Crippen LogP) is 4.52. The first-order chi connectivity index (χ1) is 27.3. The van der Waals surface area contributed by atoms with E-state index in [-0.39, 0.29) is 39.2 Å². The zero-order chi connectivity index (χ0) is 42.6. The van der Waals surface area contributed by atoms with E-state index in [2.05, 4.69) is 5.32 Å². The Bertz CT molecular complexity index is 2540. The molecule has 1 aliphatic heterocycles. The van der Waals surface area contributed by atoms with Gasteiger partial charge in [-0.3, -0.25) is 9.59 Å². The highest BCUT2D eigenvalue weighted by molar-refractivity contribution is 6.06. The molecule has 1 aliphatic rings. The van der Waals surface area contributed by atoms with Crippen LogP contribution in [0, 0.1) is 6.92 Å². The number of aryl methyl sites for hydroxylation is 1. The number of aliphatic hydroxyl groups excluding tert-OH is 1. The van der Waals surface area contributed by atoms with Crippen molar-refractivity contribution in [2.24, 2.45) is 11.5 Å². The number of nitrogens with two attached hydrogens (primary N) is 2. The van der Waals surface area contributed by atoms with Gasteiger partial charge >= 0.3 is 17.3 Å². The number of anilines is 1. The molecule has 8 N–H and O–H groups in total. The highest BCUT2D eigenvalue weighted by atomic mass is 16.7. The standard InChI is InChI=1S/C31H36N2O11.C10H7NO3/c1-14(2)7-8-16-13-17(9-11-19(16)34)27(37)33-21-22(35)18-10-12-20(15(3)24(18)42-28(21)38)41-29-23(36)25(43-30(32)39)26(40-6)31(4,5)44-29;11-9(12)7-5-6-3-1-2-4-8(6)14-10(7)13/h7,9-13,23,25-26,29,34-36H,8H2,1-6H3,(H2,32,39)(H,33,37);1-5H,(H2,11,12)/t23-,25+,26-,29-;/m1./s1. The minimum Gasteiger partial charge on any atom is -0.508 e. The lowest BCUT2D eigenvalue weighted by Gasteiger charge is -2.47. The van der Waals surface area contributed by atoms with E-state index in [9.17, 15) is 39.3 Å². The normalized spacial score (nSPS) is 18.4. The molecule has 3 aromatic carbocycles. The quantitative estimate of drug-likeness (QED) is 0.0884. The van der Waals surface area contributed by atoms with Gasteiger partial charge < -0.3 is 59.9 Å². The number of hydrogen-bond donors (Lipinski definition) is 6. The maximum absolute atomic E-state index is 13.0. The first kappa shape index (κ1) is 42.5. The molecule has 6 rings (SSSR count). The van der Waals surface area contributed by atoms with Gasteiger partial charge in [-0.25, -0.2) is 14.4 Å². The van der Waals surface area contributed by atoms with Crippen LogP contribution in [-0.4, -0.2) is 70.5 Å². The van der Waals surface area contributed by atoms with E-state index in [1.165, 1.54) is 43.5 Å². The first-order valence-corrected chi connectivity index (χ1v) is 17.7. The van der Waals surface area contributed by atoms with Gasteiger partial charge in [-0.05, 0) is 89.1 Å². The number of nitrogens with one attached hydrogen (secondary N) is 1. The minimum atomic E-state index is -1.52. The molecule has 0 spiro atoms. The number of primary amides is 2. The highest BCUT2D eigenvalue weighted by Crippen LogP contribution is 2.38. The van der Waals surface area contributed by atoms with Crippen molar-refractivity contribution >= 4 is 45.5 Å². The Balaban J connectivity index is 0.000000382. The number of phenolic OH excluding ortho intramolecular Hbond substituents is 1. The van der Waals surface area contributed by atoms with Crippen molar-refractivity contribution in [3.05, 3.63) is 115 Å². The average Bonchev–Trinajstić information content (AvgIpc) is 3.15. The number of amides is 3. The van der Waals surface area contributed by atoms with Crippen molar-refractivity contribution in [2.45, 2.75) is 71.2 Å². The third-order valence-corrected chi connectivity index (χ3v) is 9.23. The second-order valence-electron chi connectivity index (χ2n) is 14.1. The smallest absolute Gasteiger partial charge is 0.404 e. The summed E-state index contributed by atoms with van der Waals surface area (Å²) >= 11 is 0. The van der Waals surface area contributed by atoms with Gasteiger partial charge in [-0.15, -0.1) is 0 Å². The van der Waals surface area contributed by atoms with E-state index in [4.69, 9.17) is 39.2 Å². The summed E-state index contributed by atoms with van der Waals surface area (Å²) in [5, 5.41) is 35.3. The molecule has 4 atom stereocenters. The van der Waals surface area contributed by atoms with Crippen LogP contribution in [-0.2, 0) is 20.6 Å². The van der Waals surface area contributed by atoms with E-state index in [1.54, 1.807) is 45.0 Å². The van der Waals surface area contributed by atoms with Crippen molar-refractivity contribution in [1.82, 2.24) is 0 Å². The van der Waals surface area contributed by atoms with Gasteiger partial charge in [-0.2, -0.15) is 0 Å². The van der Waals surface area contributed by atoms with Crippen LogP contribution in [0.25, 0.3) is 21.9 Å². The number of phenols is 1. The number of allylic oxidation sites excluding steroid dienone is 2. The van der Waals surface area contributed by atoms with E-state index in [1.807, 2.05) is 19.9 Å². The van der Waals surface area contributed by atoms with Crippen LogP contribution in [0.5, 0.6) is 17.2 Å². The molecule has 306 valence electrons. The van der Waals surface area contributed by atoms with Crippen molar-refractivity contribution in [2.75, 3.05) is 12.4 Å². The van der Waals surface area contributed by atoms with Gasteiger partial charge in [0.1, 0.15) is 34.3 Å². The number of aromatic hydroxyl groups is 2. The maximum atomic E-state index is 13.0. The van der Waals surface area contributed by atoms with Crippen LogP contribution < -0.4 is 32.8 Å². The number of rotatable bonds is 9. The number of methoxy groups -OCH3 is 1. The van der Waals surface area contributed by atoms with Crippen LogP contribution in [0.1, 0.15) is 59.5 Å². The Hall–Kier alpha value is -6.69. The summed E-state index contributed by atoms with van der Waals surface area (Å²) in [6.45, 7) is 8.69. The molecule has 17 nitrogen and oxygen atoms in total. The second kappa shape index (κ2) is 17.2. The number of benzene rings is 3. The molecular formula is C41H43N3O14. The van der Waals surface area contributed by atoms with Gasteiger partial charge in [0.05, 0.1) is 11.0 Å². The first-order valence-electron chi connectivity index (χ1n) is 17.7. The van der Waals surface area contributed by atoms with Crippen LogP contribution >= 0.6 is 0 Å². The third-order valence-electron chi connectivity index (χ3n) is 9.23. The molecular weight excluding hydrogens is 758 g/mol. The molecule has 0 saturated carbocycles. The lowest BCUT2D eigenvalue weighted by molar-refractivity contribution is -0.304. The lowest BCUT2D eigenvalue weighted by Crippen LogP contribution is -2.65. The fourth-order valence-electron chi connectivity index (χ4n) is 6.30. The fourth-order valence-corrected chi connectivity index (χ4v) is 6.30. The number of hydrogen-bond acceptors (Lipinski definition) is 14. The molecule has 2 aromatic heterocycles. The van der Waals surface area contributed by atoms with Crippen molar-refractivity contribution < 1.29 is 57.5 Å². The molecule has 0 unspecified atom stereocenters. The summed E-state index contributed by atoms with van der Waals surface area (Å²) in [6.07, 6.45) is -3.81. The monoisotopic (exact) mass is 801 g/mol. The van der Waals surface area contributed by atoms with Gasteiger partial charge in [0.2, 0.25) is 6.29 Å². The van der Waals surface area contributed by atoms with Gasteiger partial charge in [0.15, 0.2) is 23.6 Å². The fraction of sp³-hybridized carbons (Fsp3) is 0.293. The van der Waals surface area contributed by atoms with Crippen LogP contribution in [0.4, 0.5) is 10.5 Å². The Morgan fingerprint density at radius 1 is 0.966 bits per heavy atom. The van der Waals surface area contributed by atoms with E-state index in [0.717, 1.165) is 5.57 Å². The molecule has 1 fully saturated rings. The van der Waals surface area contributed by atoms with E-state index in [0.29, 0.717) is 23.0 Å². The van der Waals surface area contributed by atoms with E-state index >= 15 is 0 Å². The minimum absolute atomic E-state index is 0.0183. The Morgan fingerprint density at radius 3 is 2.33 bits per heavy atom. The summed E-state index contributed by atoms with van der Waals surface area (Å²) in [7, 11) is 1.37. The summed E-state index contributed by atoms with van der Waals surface area (Å²) in [6, 6.07) is 15.5. The van der Waals surface area contributed by atoms with Crippen molar-refractivity contribution in [1.29, 1.82) is 0 Å². The molecule has 1 saturated heterocycles. The van der Waals surface area contributed by atoms with E-state index < -0.39 is 70.8 Å². The second-order valence-corrected chi connectivity index (χ2v) is 14.1. The highest BCUT2D eigenvalue weighted by Gasteiger charge is 2.53. The molecule has 0 bridgehead atoms. The SMILES string of the molecule is CO[C@@H]1[C@@H](OC(N)=O)[C@@H](O)[C@H](Oc2ccc3c(O)c(NC(=O)c4ccc(O)c(CC=C(C)C)c4)c(=O)oc3c2C)OC1(C)C.NC(=O)c1cc2ccccc2oc1=O.